The van der Waals surface area contributed by atoms with Crippen LogP contribution >= 0.6 is 0 Å². The number of fused-ring (bicyclic) bond motifs is 1. The average Bonchev–Trinajstić information content (AvgIpc) is 2.60. The Bertz CT molecular complexity index is 857. The van der Waals surface area contributed by atoms with Gasteiger partial charge in [0.05, 0.1) is 11.3 Å². The first-order valence-corrected chi connectivity index (χ1v) is 9.31. The molecule has 2 aliphatic rings. The molecule has 0 aliphatic carbocycles. The molecule has 132 valence electrons. The topological polar surface area (TPSA) is 114 Å². The summed E-state index contributed by atoms with van der Waals surface area (Å²) in [7, 11) is -3.40. The lowest BCUT2D eigenvalue weighted by atomic mass is 10.1. The molecule has 0 atom stereocenters. The van der Waals surface area contributed by atoms with Gasteiger partial charge >= 0.3 is 0 Å². The Balaban J connectivity index is 1.66. The second kappa shape index (κ2) is 7.08. The van der Waals surface area contributed by atoms with E-state index >= 15 is 0 Å². The number of carbonyl (C=O) groups is 1. The van der Waals surface area contributed by atoms with E-state index in [1.807, 2.05) is 0 Å². The van der Waals surface area contributed by atoms with E-state index in [1.54, 1.807) is 41.4 Å². The van der Waals surface area contributed by atoms with Gasteiger partial charge in [-0.1, -0.05) is 0 Å². The zero-order chi connectivity index (χ0) is 17.9. The number of nitrogens with one attached hydrogen (secondary N) is 1. The molecule has 0 unspecified atom stereocenters. The Hall–Kier alpha value is -2.65. The summed E-state index contributed by atoms with van der Waals surface area (Å²) in [5, 5.41) is 2.78. The van der Waals surface area contributed by atoms with Crippen molar-refractivity contribution >= 4 is 27.5 Å². The lowest BCUT2D eigenvalue weighted by Gasteiger charge is -2.26. The van der Waals surface area contributed by atoms with E-state index < -0.39 is 10.0 Å². The SMILES string of the molecule is NCCOc1ccc(NC(=O)C2=CN3CCS(=O)(=O)N=C3C=C2)cc1. The van der Waals surface area contributed by atoms with E-state index in [9.17, 15) is 13.2 Å². The summed E-state index contributed by atoms with van der Waals surface area (Å²) in [6.45, 7) is 1.14. The molecule has 0 radical (unpaired) electrons. The van der Waals surface area contributed by atoms with Gasteiger partial charge in [-0.3, -0.25) is 4.79 Å². The second-order valence-electron chi connectivity index (χ2n) is 5.46. The predicted molar refractivity (Wildman–Crippen MR) is 94.8 cm³/mol. The zero-order valence-electron chi connectivity index (χ0n) is 13.4. The summed E-state index contributed by atoms with van der Waals surface area (Å²) in [6, 6.07) is 6.96. The standard InChI is InChI=1S/C16H18N4O4S/c17-7-9-24-14-4-2-13(3-5-14)18-16(21)12-1-6-15-19-25(22,23)10-8-20(15)11-12/h1-6,11H,7-10,17H2,(H,18,21). The van der Waals surface area contributed by atoms with E-state index in [2.05, 4.69) is 9.71 Å². The molecule has 0 bridgehead atoms. The van der Waals surface area contributed by atoms with Gasteiger partial charge in [-0.05, 0) is 36.4 Å². The van der Waals surface area contributed by atoms with Crippen LogP contribution in [0.1, 0.15) is 0 Å². The highest BCUT2D eigenvalue weighted by Gasteiger charge is 2.24. The van der Waals surface area contributed by atoms with Crippen LogP contribution < -0.4 is 15.8 Å². The molecule has 1 aromatic carbocycles. The number of sulfonamides is 1. The van der Waals surface area contributed by atoms with Gasteiger partial charge in [-0.15, -0.1) is 4.40 Å². The molecule has 25 heavy (non-hydrogen) atoms. The molecule has 0 aromatic heterocycles. The van der Waals surface area contributed by atoms with E-state index in [1.165, 1.54) is 6.08 Å². The molecule has 1 aromatic rings. The lowest BCUT2D eigenvalue weighted by Crippen LogP contribution is -2.37. The Morgan fingerprint density at radius 3 is 2.76 bits per heavy atom. The van der Waals surface area contributed by atoms with Crippen LogP contribution in [0.2, 0.25) is 0 Å². The molecule has 0 fully saturated rings. The fourth-order valence-electron chi connectivity index (χ4n) is 2.35. The van der Waals surface area contributed by atoms with Gasteiger partial charge in [0.2, 0.25) is 0 Å². The van der Waals surface area contributed by atoms with E-state index in [4.69, 9.17) is 10.5 Å². The van der Waals surface area contributed by atoms with Crippen LogP contribution in [0.3, 0.4) is 0 Å². The third-order valence-electron chi connectivity index (χ3n) is 3.58. The quantitative estimate of drug-likeness (QED) is 0.787. The van der Waals surface area contributed by atoms with Crippen LogP contribution in [0.25, 0.3) is 0 Å². The lowest BCUT2D eigenvalue weighted by molar-refractivity contribution is -0.112. The highest BCUT2D eigenvalue weighted by Crippen LogP contribution is 2.19. The summed E-state index contributed by atoms with van der Waals surface area (Å²) < 4.78 is 32.0. The summed E-state index contributed by atoms with van der Waals surface area (Å²) in [4.78, 5) is 14.0. The molecular weight excluding hydrogens is 344 g/mol. The van der Waals surface area contributed by atoms with E-state index in [0.29, 0.717) is 36.0 Å². The Kier molecular flexibility index (Phi) is 4.86. The predicted octanol–water partition coefficient (Wildman–Crippen LogP) is 0.460. The van der Waals surface area contributed by atoms with Gasteiger partial charge in [-0.25, -0.2) is 8.42 Å². The maximum absolute atomic E-state index is 12.4. The first kappa shape index (κ1) is 17.2. The molecule has 0 saturated carbocycles. The van der Waals surface area contributed by atoms with Crippen LogP contribution in [0.4, 0.5) is 5.69 Å². The van der Waals surface area contributed by atoms with Gasteiger partial charge in [-0.2, -0.15) is 0 Å². The van der Waals surface area contributed by atoms with Gasteiger partial charge in [0.15, 0.2) is 0 Å². The van der Waals surface area contributed by atoms with Crippen LogP contribution in [0, 0.1) is 0 Å². The minimum Gasteiger partial charge on any atom is -0.492 e. The fraction of sp³-hybridized carbons (Fsp3) is 0.250. The number of ether oxygens (including phenoxy) is 1. The van der Waals surface area contributed by atoms with Crippen molar-refractivity contribution in [1.82, 2.24) is 4.90 Å². The number of nitrogens with zero attached hydrogens (tertiary/aromatic N) is 2. The van der Waals surface area contributed by atoms with Crippen molar-refractivity contribution < 1.29 is 17.9 Å². The van der Waals surface area contributed by atoms with Crippen molar-refractivity contribution in [3.63, 3.8) is 0 Å². The number of carbonyl (C=O) groups excluding carboxylic acids is 1. The van der Waals surface area contributed by atoms with Crippen molar-refractivity contribution in [2.75, 3.05) is 30.8 Å². The third-order valence-corrected chi connectivity index (χ3v) is 4.75. The number of rotatable bonds is 5. The van der Waals surface area contributed by atoms with Crippen LogP contribution in [-0.2, 0) is 14.8 Å². The van der Waals surface area contributed by atoms with Crippen LogP contribution in [-0.4, -0.2) is 50.5 Å². The van der Waals surface area contributed by atoms with Gasteiger partial charge in [0.1, 0.15) is 18.2 Å². The normalized spacial score (nSPS) is 18.0. The first-order chi connectivity index (χ1) is 12.0. The summed E-state index contributed by atoms with van der Waals surface area (Å²) in [5.41, 5.74) is 6.42. The van der Waals surface area contributed by atoms with Crippen LogP contribution in [0.15, 0.2) is 52.6 Å². The van der Waals surface area contributed by atoms with Gasteiger partial charge in [0, 0.05) is 25.0 Å². The Morgan fingerprint density at radius 1 is 1.28 bits per heavy atom. The van der Waals surface area contributed by atoms with Crippen molar-refractivity contribution in [3.05, 3.63) is 48.2 Å². The molecule has 2 heterocycles. The molecule has 1 amide bonds. The number of nitrogens with two attached hydrogens (primary N) is 1. The zero-order valence-corrected chi connectivity index (χ0v) is 14.2. The monoisotopic (exact) mass is 362 g/mol. The van der Waals surface area contributed by atoms with Gasteiger partial charge < -0.3 is 20.7 Å². The highest BCUT2D eigenvalue weighted by atomic mass is 32.2. The van der Waals surface area contributed by atoms with Crippen molar-refractivity contribution in [3.8, 4) is 5.75 Å². The van der Waals surface area contributed by atoms with E-state index in [0.717, 1.165) is 0 Å². The summed E-state index contributed by atoms with van der Waals surface area (Å²) in [5.74, 6) is 0.638. The minimum absolute atomic E-state index is 0.0694. The first-order valence-electron chi connectivity index (χ1n) is 7.70. The maximum atomic E-state index is 12.4. The van der Waals surface area contributed by atoms with Crippen molar-refractivity contribution in [2.45, 2.75) is 0 Å². The number of benzene rings is 1. The van der Waals surface area contributed by atoms with Crippen molar-refractivity contribution in [1.29, 1.82) is 0 Å². The summed E-state index contributed by atoms with van der Waals surface area (Å²) in [6.07, 6.45) is 4.67. The Labute approximate surface area is 145 Å². The number of anilines is 1. The summed E-state index contributed by atoms with van der Waals surface area (Å²) >= 11 is 0. The third kappa shape index (κ3) is 4.25. The smallest absolute Gasteiger partial charge is 0.257 e. The number of hydrogen-bond donors (Lipinski definition) is 2. The Morgan fingerprint density at radius 2 is 2.04 bits per heavy atom. The fourth-order valence-corrected chi connectivity index (χ4v) is 3.32. The largest absolute Gasteiger partial charge is 0.492 e. The molecular formula is C16H18N4O4S. The molecule has 0 saturated heterocycles. The van der Waals surface area contributed by atoms with E-state index in [-0.39, 0.29) is 18.2 Å². The molecule has 8 nitrogen and oxygen atoms in total. The van der Waals surface area contributed by atoms with Crippen molar-refractivity contribution in [2.24, 2.45) is 10.1 Å². The molecule has 2 aliphatic heterocycles. The second-order valence-corrected chi connectivity index (χ2v) is 7.22. The highest BCUT2D eigenvalue weighted by molar-refractivity contribution is 7.90. The molecule has 3 N–H and O–H groups in total. The average molecular weight is 362 g/mol. The van der Waals surface area contributed by atoms with Crippen LogP contribution in [0.5, 0.6) is 5.75 Å². The molecule has 0 spiro atoms. The minimum atomic E-state index is -3.40. The van der Waals surface area contributed by atoms with Gasteiger partial charge in [0.25, 0.3) is 15.9 Å². The number of amidine groups is 1. The molecule has 9 heteroatoms. The number of amides is 1. The molecule has 3 rings (SSSR count). The number of hydrogen-bond acceptors (Lipinski definition) is 6. The maximum Gasteiger partial charge on any atom is 0.257 e.